The number of anilines is 1. The Hall–Kier alpha value is -4.12. The monoisotopic (exact) mass is 493 g/mol. The summed E-state index contributed by atoms with van der Waals surface area (Å²) >= 11 is 0. The van der Waals surface area contributed by atoms with Crippen LogP contribution in [0.25, 0.3) is 0 Å². The highest BCUT2D eigenvalue weighted by atomic mass is 16.6. The Bertz CT molecular complexity index is 1210. The highest BCUT2D eigenvalue weighted by Crippen LogP contribution is 2.36. The summed E-state index contributed by atoms with van der Waals surface area (Å²) in [4.78, 5) is 18.0. The van der Waals surface area contributed by atoms with E-state index in [1.807, 2.05) is 92.7 Å². The Labute approximate surface area is 220 Å². The highest BCUT2D eigenvalue weighted by molar-refractivity contribution is 5.93. The largest absolute Gasteiger partial charge is 0.433 e. The molecule has 0 aromatic heterocycles. The van der Waals surface area contributed by atoms with Gasteiger partial charge in [-0.15, -0.1) is 0 Å². The average Bonchev–Trinajstić information content (AvgIpc) is 3.22. The number of nitrogens with zero attached hydrogens (tertiary/aromatic N) is 1. The Morgan fingerprint density at radius 3 is 2.27 bits per heavy atom. The highest BCUT2D eigenvalue weighted by Gasteiger charge is 2.38. The first-order valence-electron chi connectivity index (χ1n) is 13.1. The number of carbonyl (C=O) groups excluding carboxylic acids is 1. The van der Waals surface area contributed by atoms with Gasteiger partial charge >= 0.3 is 6.09 Å². The van der Waals surface area contributed by atoms with Crippen LogP contribution < -0.4 is 10.6 Å². The quantitative estimate of drug-likeness (QED) is 0.371. The van der Waals surface area contributed by atoms with Crippen molar-refractivity contribution in [2.24, 2.45) is 10.9 Å². The Morgan fingerprint density at radius 1 is 0.919 bits per heavy atom. The molecular weight excluding hydrogens is 458 g/mol. The van der Waals surface area contributed by atoms with E-state index in [0.29, 0.717) is 17.4 Å². The van der Waals surface area contributed by atoms with Crippen LogP contribution in [0.3, 0.4) is 0 Å². The van der Waals surface area contributed by atoms with Gasteiger partial charge in [0.25, 0.3) is 0 Å². The van der Waals surface area contributed by atoms with Gasteiger partial charge in [-0.2, -0.15) is 0 Å². The molecular formula is C32H35N3O2. The van der Waals surface area contributed by atoms with E-state index in [-0.39, 0.29) is 12.1 Å². The SMILES string of the molecule is CC.O=C(Nc1ccccc1)OC(C1=N[C@@H](c2ccccc2)C([C@@H]2C=CC=CCC2)N1)c1ccccc1. The van der Waals surface area contributed by atoms with Crippen LogP contribution >= 0.6 is 0 Å². The van der Waals surface area contributed by atoms with Crippen LogP contribution in [0.1, 0.15) is 50.0 Å². The van der Waals surface area contributed by atoms with Crippen molar-refractivity contribution in [3.63, 3.8) is 0 Å². The van der Waals surface area contributed by atoms with Crippen molar-refractivity contribution in [1.82, 2.24) is 5.32 Å². The van der Waals surface area contributed by atoms with E-state index >= 15 is 0 Å². The number of amidine groups is 1. The molecule has 0 radical (unpaired) electrons. The second-order valence-electron chi connectivity index (χ2n) is 8.78. The molecule has 190 valence electrons. The summed E-state index contributed by atoms with van der Waals surface area (Å²) < 4.78 is 6.00. The number of amides is 1. The second-order valence-corrected chi connectivity index (χ2v) is 8.78. The molecule has 2 aliphatic rings. The third-order valence-corrected chi connectivity index (χ3v) is 6.40. The number of hydrogen-bond acceptors (Lipinski definition) is 4. The van der Waals surface area contributed by atoms with Crippen LogP contribution in [0.5, 0.6) is 0 Å². The van der Waals surface area contributed by atoms with Crippen LogP contribution in [0, 0.1) is 5.92 Å². The predicted octanol–water partition coefficient (Wildman–Crippen LogP) is 7.64. The number of ether oxygens (including phenoxy) is 1. The minimum absolute atomic E-state index is 0.0653. The number of rotatable bonds is 6. The molecule has 0 bridgehead atoms. The summed E-state index contributed by atoms with van der Waals surface area (Å²) in [6, 6.07) is 29.4. The molecule has 4 atom stereocenters. The van der Waals surface area contributed by atoms with Crippen LogP contribution in [0.2, 0.25) is 0 Å². The lowest BCUT2D eigenvalue weighted by Gasteiger charge is -2.27. The number of nitrogens with one attached hydrogen (secondary N) is 2. The normalized spacial score (nSPS) is 20.9. The third-order valence-electron chi connectivity index (χ3n) is 6.40. The molecule has 1 amide bonds. The van der Waals surface area contributed by atoms with Gasteiger partial charge in [0.1, 0.15) is 5.84 Å². The molecule has 0 fully saturated rings. The van der Waals surface area contributed by atoms with Crippen LogP contribution in [0.4, 0.5) is 10.5 Å². The molecule has 5 heteroatoms. The van der Waals surface area contributed by atoms with Crippen molar-refractivity contribution >= 4 is 17.6 Å². The third kappa shape index (κ3) is 6.76. The molecule has 5 rings (SSSR count). The minimum Gasteiger partial charge on any atom is -0.433 e. The molecule has 0 saturated heterocycles. The van der Waals surface area contributed by atoms with E-state index in [9.17, 15) is 4.79 Å². The molecule has 1 aliphatic heterocycles. The van der Waals surface area contributed by atoms with Gasteiger partial charge in [0, 0.05) is 17.2 Å². The zero-order valence-electron chi connectivity index (χ0n) is 21.5. The number of allylic oxidation sites excluding steroid dienone is 3. The zero-order chi connectivity index (χ0) is 25.9. The summed E-state index contributed by atoms with van der Waals surface area (Å²) in [6.45, 7) is 4.00. The van der Waals surface area contributed by atoms with Crippen molar-refractivity contribution in [3.8, 4) is 0 Å². The maximum absolute atomic E-state index is 12.9. The van der Waals surface area contributed by atoms with Gasteiger partial charge in [0.15, 0.2) is 6.10 Å². The van der Waals surface area contributed by atoms with Gasteiger partial charge in [-0.05, 0) is 30.5 Å². The molecule has 0 saturated carbocycles. The maximum Gasteiger partial charge on any atom is 0.412 e. The van der Waals surface area contributed by atoms with Crippen molar-refractivity contribution in [1.29, 1.82) is 0 Å². The first-order valence-corrected chi connectivity index (χ1v) is 13.1. The van der Waals surface area contributed by atoms with Gasteiger partial charge in [-0.1, -0.05) is 117 Å². The van der Waals surface area contributed by atoms with Gasteiger partial charge < -0.3 is 10.1 Å². The summed E-state index contributed by atoms with van der Waals surface area (Å²) in [5.41, 5.74) is 2.69. The predicted molar refractivity (Wildman–Crippen MR) is 152 cm³/mol. The maximum atomic E-state index is 12.9. The number of benzene rings is 3. The second kappa shape index (κ2) is 13.3. The lowest BCUT2D eigenvalue weighted by atomic mass is 9.87. The van der Waals surface area contributed by atoms with E-state index in [4.69, 9.17) is 9.73 Å². The van der Waals surface area contributed by atoms with E-state index < -0.39 is 12.2 Å². The first kappa shape index (κ1) is 26.0. The lowest BCUT2D eigenvalue weighted by Crippen LogP contribution is -2.40. The molecule has 2 unspecified atom stereocenters. The van der Waals surface area contributed by atoms with Gasteiger partial charge in [0.2, 0.25) is 0 Å². The first-order chi connectivity index (χ1) is 18.3. The zero-order valence-corrected chi connectivity index (χ0v) is 21.5. The minimum atomic E-state index is -0.649. The number of carbonyl (C=O) groups is 1. The summed E-state index contributed by atoms with van der Waals surface area (Å²) in [5.74, 6) is 0.967. The summed E-state index contributed by atoms with van der Waals surface area (Å²) in [6.07, 6.45) is 9.57. The van der Waals surface area contributed by atoms with Crippen molar-refractivity contribution in [2.75, 3.05) is 5.32 Å². The molecule has 5 nitrogen and oxygen atoms in total. The van der Waals surface area contributed by atoms with Crippen molar-refractivity contribution in [3.05, 3.63) is 126 Å². The standard InChI is InChI=1S/C30H29N3O2.C2H6/c34-30(31-25-20-12-5-13-21-25)35-28(24-18-10-4-11-19-24)29-32-26(22-14-6-1-2-7-15-22)27(33-29)23-16-8-3-9-17-23;1-2/h1-6,8-14,16-22,26-28H,7,15H2,(H,31,34)(H,32,33);1-2H3/t22-,26?,27+,28?;/m1./s1. The molecule has 1 aliphatic carbocycles. The molecule has 37 heavy (non-hydrogen) atoms. The Kier molecular flexibility index (Phi) is 9.30. The summed E-state index contributed by atoms with van der Waals surface area (Å²) in [7, 11) is 0. The molecule has 3 aromatic rings. The fraction of sp³-hybridized carbons (Fsp3) is 0.250. The Balaban J connectivity index is 0.00000156. The van der Waals surface area contributed by atoms with Crippen LogP contribution in [-0.4, -0.2) is 18.0 Å². The lowest BCUT2D eigenvalue weighted by molar-refractivity contribution is 0.141. The van der Waals surface area contributed by atoms with E-state index in [0.717, 1.165) is 24.0 Å². The van der Waals surface area contributed by atoms with Crippen molar-refractivity contribution < 1.29 is 9.53 Å². The molecule has 0 spiro atoms. The van der Waals surface area contributed by atoms with Gasteiger partial charge in [0.05, 0.1) is 12.1 Å². The van der Waals surface area contributed by atoms with Crippen molar-refractivity contribution in [2.45, 2.75) is 44.9 Å². The smallest absolute Gasteiger partial charge is 0.412 e. The van der Waals surface area contributed by atoms with Crippen LogP contribution in [0.15, 0.2) is 120 Å². The number of aliphatic imine (C=N–C) groups is 1. The van der Waals surface area contributed by atoms with E-state index in [1.165, 1.54) is 0 Å². The molecule has 3 aromatic carbocycles. The molecule has 2 N–H and O–H groups in total. The number of para-hydroxylation sites is 1. The Morgan fingerprint density at radius 2 is 1.57 bits per heavy atom. The average molecular weight is 494 g/mol. The summed E-state index contributed by atoms with van der Waals surface area (Å²) in [5, 5.41) is 6.50. The topological polar surface area (TPSA) is 62.7 Å². The van der Waals surface area contributed by atoms with E-state index in [2.05, 4.69) is 47.1 Å². The number of hydrogen-bond donors (Lipinski definition) is 2. The fourth-order valence-electron chi connectivity index (χ4n) is 4.68. The fourth-order valence-corrected chi connectivity index (χ4v) is 4.68. The van der Waals surface area contributed by atoms with Gasteiger partial charge in [-0.25, -0.2) is 4.79 Å². The van der Waals surface area contributed by atoms with Gasteiger partial charge in [-0.3, -0.25) is 10.3 Å². The van der Waals surface area contributed by atoms with Crippen LogP contribution in [-0.2, 0) is 4.74 Å². The van der Waals surface area contributed by atoms with E-state index in [1.54, 1.807) is 0 Å². The molecule has 1 heterocycles.